The van der Waals surface area contributed by atoms with Crippen molar-refractivity contribution in [1.29, 1.82) is 0 Å². The van der Waals surface area contributed by atoms with Gasteiger partial charge in [0.05, 0.1) is 31.5 Å². The molecule has 2 unspecified atom stereocenters. The molecular formula is C56H87NO16. The van der Waals surface area contributed by atoms with E-state index in [-0.39, 0.29) is 42.8 Å². The minimum Gasteiger partial charge on any atom is -0.460 e. The Morgan fingerprint density at radius 3 is 2.21 bits per heavy atom. The zero-order chi connectivity index (χ0) is 54.4. The number of cyclic esters (lactones) is 1. The van der Waals surface area contributed by atoms with Gasteiger partial charge in [-0.3, -0.25) is 24.0 Å². The Bertz CT molecular complexity index is 2010. The summed E-state index contributed by atoms with van der Waals surface area (Å²) < 4.78 is 35.4. The molecule has 412 valence electrons. The van der Waals surface area contributed by atoms with Crippen LogP contribution < -0.4 is 0 Å². The molecule has 17 nitrogen and oxygen atoms in total. The number of carbonyl (C=O) groups is 6. The van der Waals surface area contributed by atoms with Gasteiger partial charge in [-0.2, -0.15) is 0 Å². The molecule has 73 heavy (non-hydrogen) atoms. The molecule has 15 atom stereocenters. The molecule has 1 saturated carbocycles. The molecule has 2 saturated heterocycles. The number of hydrogen-bond acceptors (Lipinski definition) is 16. The first-order valence-corrected chi connectivity index (χ1v) is 26.4. The Morgan fingerprint density at radius 2 is 1.56 bits per heavy atom. The number of hydrogen-bond donors (Lipinski definition) is 4. The van der Waals surface area contributed by atoms with Gasteiger partial charge in [0.25, 0.3) is 11.7 Å². The summed E-state index contributed by atoms with van der Waals surface area (Å²) in [7, 11) is 4.43. The van der Waals surface area contributed by atoms with Crippen molar-refractivity contribution in [2.45, 2.75) is 187 Å². The minimum atomic E-state index is -2.47. The van der Waals surface area contributed by atoms with Crippen molar-refractivity contribution in [3.8, 4) is 0 Å². The van der Waals surface area contributed by atoms with Crippen LogP contribution >= 0.6 is 0 Å². The Labute approximate surface area is 433 Å². The molecule has 3 heterocycles. The van der Waals surface area contributed by atoms with Gasteiger partial charge in [0.2, 0.25) is 5.79 Å². The van der Waals surface area contributed by atoms with Crippen LogP contribution in [-0.2, 0) is 57.2 Å². The lowest BCUT2D eigenvalue weighted by molar-refractivity contribution is -0.265. The molecule has 1 aliphatic carbocycles. The number of fused-ring (bicyclic) bond motifs is 3. The van der Waals surface area contributed by atoms with Gasteiger partial charge in [-0.1, -0.05) is 71.1 Å². The molecule has 0 aromatic carbocycles. The highest BCUT2D eigenvalue weighted by Gasteiger charge is 2.53. The van der Waals surface area contributed by atoms with Crippen LogP contribution in [0.5, 0.6) is 0 Å². The van der Waals surface area contributed by atoms with E-state index in [1.54, 1.807) is 40.9 Å². The Morgan fingerprint density at radius 1 is 0.863 bits per heavy atom. The maximum absolute atomic E-state index is 14.5. The number of ketones is 3. The molecule has 4 aliphatic rings. The van der Waals surface area contributed by atoms with E-state index in [1.165, 1.54) is 21.1 Å². The summed E-state index contributed by atoms with van der Waals surface area (Å²) in [6.45, 7) is 12.7. The summed E-state index contributed by atoms with van der Waals surface area (Å²) in [5.41, 5.74) is -0.277. The van der Waals surface area contributed by atoms with Crippen LogP contribution in [0.1, 0.15) is 132 Å². The number of carbonyl (C=O) groups excluding carboxylic acids is 6. The molecule has 0 aromatic rings. The average molecular weight is 1030 g/mol. The van der Waals surface area contributed by atoms with Gasteiger partial charge in [-0.15, -0.1) is 0 Å². The van der Waals surface area contributed by atoms with Crippen molar-refractivity contribution in [2.24, 2.45) is 40.9 Å². The Hall–Kier alpha value is -3.94. The van der Waals surface area contributed by atoms with Gasteiger partial charge in [-0.05, 0) is 114 Å². The summed E-state index contributed by atoms with van der Waals surface area (Å²) in [6, 6.07) is -1.20. The van der Waals surface area contributed by atoms with Gasteiger partial charge in [-0.25, -0.2) is 4.79 Å². The summed E-state index contributed by atoms with van der Waals surface area (Å²) in [5, 5.41) is 43.1. The zero-order valence-corrected chi connectivity index (χ0v) is 45.3. The Kier molecular flexibility index (Phi) is 23.9. The standard InChI is InChI=1S/C56H87NO16/c1-33-17-13-12-14-18-34(2)45(68-9)29-41-22-20-39(7)56(67,73-41)51(63)52(64)57-24-16-15-19-42(57)53(65)71-46(30-43(60)35(3)26-38(6)49(62)50(70-11)48(61)37(5)25-33)36(4)27-40-21-23-44(47(28-40)69-10)72-54(66)55(8,31-58)32-59/h12-14,17-18,26,33,35-37,39-42,44-47,49-50,58-59,62,67H,15-16,19-25,27-32H2,1-11H3/b14-12?,17-13+,34-18?,38-26+/t33-,35-,36-,37-,39-,40?,41+,42+,44-,45?,46+,47-,49-,50+,56-/m1/s1. The highest BCUT2D eigenvalue weighted by molar-refractivity contribution is 6.39. The summed E-state index contributed by atoms with van der Waals surface area (Å²) in [4.78, 5) is 85.4. The molecule has 0 radical (unpaired) electrons. The van der Waals surface area contributed by atoms with E-state index in [0.29, 0.717) is 69.8 Å². The molecule has 0 spiro atoms. The molecule has 2 bridgehead atoms. The summed E-state index contributed by atoms with van der Waals surface area (Å²) >= 11 is 0. The number of methoxy groups -OCH3 is 3. The van der Waals surface area contributed by atoms with E-state index in [4.69, 9.17) is 28.4 Å². The normalized spacial score (nSPS) is 36.3. The van der Waals surface area contributed by atoms with E-state index in [0.717, 1.165) is 10.5 Å². The number of piperidine rings is 1. The molecule has 4 rings (SSSR count). The quantitative estimate of drug-likeness (QED) is 0.116. The zero-order valence-electron chi connectivity index (χ0n) is 45.3. The van der Waals surface area contributed by atoms with Crippen LogP contribution in [-0.4, -0.2) is 156 Å². The number of aliphatic hydroxyl groups excluding tert-OH is 3. The fourth-order valence-corrected chi connectivity index (χ4v) is 10.7. The van der Waals surface area contributed by atoms with Gasteiger partial charge in [0.15, 0.2) is 5.78 Å². The number of Topliss-reactive ketones (excluding diaryl/α,β-unsaturated/α-hetero) is 3. The lowest BCUT2D eigenvalue weighted by Gasteiger charge is -2.42. The number of esters is 2. The van der Waals surface area contributed by atoms with Crippen molar-refractivity contribution in [1.82, 2.24) is 4.90 Å². The third-order valence-corrected chi connectivity index (χ3v) is 15.9. The maximum atomic E-state index is 14.5. The molecule has 1 amide bonds. The van der Waals surface area contributed by atoms with Gasteiger partial charge >= 0.3 is 11.9 Å². The van der Waals surface area contributed by atoms with E-state index < -0.39 is 120 Å². The number of allylic oxidation sites excluding steroid dienone is 6. The fourth-order valence-electron chi connectivity index (χ4n) is 10.7. The first-order chi connectivity index (χ1) is 34.5. The predicted octanol–water partition coefficient (Wildman–Crippen LogP) is 5.72. The smallest absolute Gasteiger partial charge is 0.329 e. The van der Waals surface area contributed by atoms with Crippen molar-refractivity contribution < 1.29 is 77.6 Å². The number of ether oxygens (including phenoxy) is 6. The number of amides is 1. The number of aliphatic hydroxyl groups is 4. The monoisotopic (exact) mass is 1030 g/mol. The van der Waals surface area contributed by atoms with Gasteiger partial charge in [0.1, 0.15) is 41.7 Å². The first kappa shape index (κ1) is 61.6. The van der Waals surface area contributed by atoms with E-state index in [2.05, 4.69) is 0 Å². The number of nitrogens with zero attached hydrogens (tertiary/aromatic N) is 1. The van der Waals surface area contributed by atoms with Gasteiger partial charge < -0.3 is 53.7 Å². The molecule has 4 N–H and O–H groups in total. The van der Waals surface area contributed by atoms with Gasteiger partial charge in [0, 0.05) is 58.5 Å². The van der Waals surface area contributed by atoms with Crippen molar-refractivity contribution >= 4 is 35.2 Å². The lowest BCUT2D eigenvalue weighted by Crippen LogP contribution is -2.61. The predicted molar refractivity (Wildman–Crippen MR) is 271 cm³/mol. The minimum absolute atomic E-state index is 0.00697. The van der Waals surface area contributed by atoms with E-state index in [9.17, 15) is 49.2 Å². The van der Waals surface area contributed by atoms with E-state index >= 15 is 0 Å². The summed E-state index contributed by atoms with van der Waals surface area (Å²) in [6.07, 6.45) is 9.76. The molecule has 3 fully saturated rings. The van der Waals surface area contributed by atoms with Crippen LogP contribution in [0.15, 0.2) is 47.6 Å². The highest BCUT2D eigenvalue weighted by Crippen LogP contribution is 2.38. The van der Waals surface area contributed by atoms with Crippen molar-refractivity contribution in [3.63, 3.8) is 0 Å². The molecule has 17 heteroatoms. The van der Waals surface area contributed by atoms with Crippen molar-refractivity contribution in [2.75, 3.05) is 41.1 Å². The Balaban J connectivity index is 1.69. The summed E-state index contributed by atoms with van der Waals surface area (Å²) in [5.74, 6) is -9.36. The molecular weight excluding hydrogens is 943 g/mol. The number of rotatable bonds is 10. The third-order valence-electron chi connectivity index (χ3n) is 15.9. The molecule has 3 aliphatic heterocycles. The van der Waals surface area contributed by atoms with Crippen LogP contribution in [0.3, 0.4) is 0 Å². The average Bonchev–Trinajstić information content (AvgIpc) is 3.37. The van der Waals surface area contributed by atoms with E-state index in [1.807, 2.05) is 51.2 Å². The second-order valence-electron chi connectivity index (χ2n) is 21.8. The SMILES string of the molecule is COC1C[C@@H]2CC[C@@H](C)[C@@](O)(O2)C(=O)C(=O)N2CCCC[C@H]2C(=O)O[C@H]([C@H](C)CC2CC[C@@H](OC(=O)C(C)(CO)CO)[C@H](OC)C2)CC(=O)[C@H](C)/C=C(\C)[C@@H](O)[C@@H](OC)C(=O)[C@H](C)C[C@H](C)/C=C/C=CC=C1C. The second-order valence-corrected chi connectivity index (χ2v) is 21.8. The fraction of sp³-hybridized carbons (Fsp3) is 0.750. The third kappa shape index (κ3) is 16.0. The van der Waals surface area contributed by atoms with Crippen LogP contribution in [0, 0.1) is 40.9 Å². The maximum Gasteiger partial charge on any atom is 0.329 e. The molecule has 0 aromatic heterocycles. The highest BCUT2D eigenvalue weighted by atomic mass is 16.6. The topological polar surface area (TPSA) is 242 Å². The lowest BCUT2D eigenvalue weighted by atomic mass is 9.78. The first-order valence-electron chi connectivity index (χ1n) is 26.4. The second kappa shape index (κ2) is 28.3. The van der Waals surface area contributed by atoms with Crippen molar-refractivity contribution in [3.05, 3.63) is 47.6 Å². The largest absolute Gasteiger partial charge is 0.460 e. The van der Waals surface area contributed by atoms with Crippen LogP contribution in [0.25, 0.3) is 0 Å². The van der Waals surface area contributed by atoms with Crippen LogP contribution in [0.4, 0.5) is 0 Å². The van der Waals surface area contributed by atoms with Crippen LogP contribution in [0.2, 0.25) is 0 Å².